The highest BCUT2D eigenvalue weighted by Gasteiger charge is 2.44. The average molecular weight is 355 g/mol. The highest BCUT2D eigenvalue weighted by Crippen LogP contribution is 2.39. The van der Waals surface area contributed by atoms with Gasteiger partial charge in [-0.15, -0.1) is 0 Å². The molecule has 0 spiro atoms. The summed E-state index contributed by atoms with van der Waals surface area (Å²) < 4.78 is 12.1. The fraction of sp³-hybridized carbons (Fsp3) is 0.588. The quantitative estimate of drug-likeness (QED) is 0.565. The number of nitrogens with two attached hydrogens (primary N) is 1. The Labute approximate surface area is 145 Å². The summed E-state index contributed by atoms with van der Waals surface area (Å²) >= 11 is 0. The molecule has 1 aliphatic heterocycles. The molecule has 0 radical (unpaired) electrons. The Morgan fingerprint density at radius 2 is 2.12 bits per heavy atom. The second kappa shape index (κ2) is 7.54. The third-order valence-electron chi connectivity index (χ3n) is 4.38. The number of allylic oxidation sites excluding steroid dienone is 1. The first-order valence-electron chi connectivity index (χ1n) is 7.96. The zero-order chi connectivity index (χ0) is 18.7. The fourth-order valence-electron chi connectivity index (χ4n) is 1.99. The summed E-state index contributed by atoms with van der Waals surface area (Å²) in [5.74, 6) is 0.184. The molecule has 1 heterocycles. The van der Waals surface area contributed by atoms with E-state index in [1.807, 2.05) is 0 Å². The molecule has 1 aliphatic rings. The Bertz CT molecular complexity index is 549. The third kappa shape index (κ3) is 4.96. The summed E-state index contributed by atoms with van der Waals surface area (Å²) in [5.41, 5.74) is 5.88. The molecular weight excluding hydrogens is 324 g/mol. The molecule has 6 nitrogen and oxygen atoms in total. The lowest BCUT2D eigenvalue weighted by Gasteiger charge is -2.40. The minimum Gasteiger partial charge on any atom is -0.469 e. The van der Waals surface area contributed by atoms with E-state index in [1.54, 1.807) is 6.08 Å². The number of hydrogen-bond acceptors (Lipinski definition) is 5. The maximum absolute atomic E-state index is 12.0. The Kier molecular flexibility index (Phi) is 6.43. The Morgan fingerprint density at radius 3 is 2.54 bits per heavy atom. The molecule has 0 aromatic rings. The predicted octanol–water partition coefficient (Wildman–Crippen LogP) is 2.44. The van der Waals surface area contributed by atoms with E-state index < -0.39 is 20.6 Å². The van der Waals surface area contributed by atoms with E-state index in [0.717, 1.165) is 0 Å². The number of rotatable bonds is 6. The smallest absolute Gasteiger partial charge is 0.226 e. The van der Waals surface area contributed by atoms with Crippen LogP contribution in [-0.4, -0.2) is 43.2 Å². The van der Waals surface area contributed by atoms with Gasteiger partial charge < -0.3 is 20.0 Å². The molecular formula is C17H30N2O4Si. The highest BCUT2D eigenvalue weighted by atomic mass is 28.4. The Morgan fingerprint density at radius 1 is 1.54 bits per heavy atom. The zero-order valence-electron chi connectivity index (χ0n) is 15.5. The number of aliphatic hydroxyl groups is 1. The van der Waals surface area contributed by atoms with E-state index in [1.165, 1.54) is 24.1 Å². The van der Waals surface area contributed by atoms with Crippen LogP contribution in [-0.2, 0) is 14.0 Å². The van der Waals surface area contributed by atoms with E-state index in [0.29, 0.717) is 11.5 Å². The minimum atomic E-state index is -2.09. The number of hydrogen-bond donors (Lipinski definition) is 2. The van der Waals surface area contributed by atoms with Crippen LogP contribution in [0.1, 0.15) is 27.7 Å². The highest BCUT2D eigenvalue weighted by molar-refractivity contribution is 6.74. The number of ether oxygens (including phenoxy) is 1. The molecule has 1 rings (SSSR count). The van der Waals surface area contributed by atoms with Crippen LogP contribution in [0.3, 0.4) is 0 Å². The predicted molar refractivity (Wildman–Crippen MR) is 97.1 cm³/mol. The molecule has 3 N–H and O–H groups in total. The lowest BCUT2D eigenvalue weighted by atomic mass is 10.2. The molecule has 0 aliphatic carbocycles. The second-order valence-electron chi connectivity index (χ2n) is 7.46. The Balaban J connectivity index is 3.11. The van der Waals surface area contributed by atoms with Crippen molar-refractivity contribution in [3.8, 4) is 0 Å². The monoisotopic (exact) mass is 354 g/mol. The lowest BCUT2D eigenvalue weighted by molar-refractivity contribution is -0.138. The van der Waals surface area contributed by atoms with Crippen molar-refractivity contribution in [2.24, 2.45) is 5.73 Å². The van der Waals surface area contributed by atoms with E-state index >= 15 is 0 Å². The van der Waals surface area contributed by atoms with Crippen molar-refractivity contribution in [1.82, 2.24) is 4.90 Å². The van der Waals surface area contributed by atoms with Gasteiger partial charge >= 0.3 is 0 Å². The summed E-state index contributed by atoms with van der Waals surface area (Å²) in [6, 6.07) is 0. The first-order valence-corrected chi connectivity index (χ1v) is 10.9. The standard InChI is InChI=1S/C17H30N2O4Si/c1-12(18)8-9-19(13(2)21)16-15(10-14(11-20)22-16)23-24(6,7)17(3,4)5/h8-10,15-16,20H,1,11,18H2,2-7H3/b9-8-. The second-order valence-corrected chi connectivity index (χ2v) is 12.2. The van der Waals surface area contributed by atoms with Crippen molar-refractivity contribution >= 4 is 14.2 Å². The van der Waals surface area contributed by atoms with Crippen LogP contribution in [0.4, 0.5) is 0 Å². The molecule has 0 saturated carbocycles. The molecule has 2 unspecified atom stereocenters. The van der Waals surface area contributed by atoms with Crippen LogP contribution in [0, 0.1) is 0 Å². The van der Waals surface area contributed by atoms with Crippen LogP contribution < -0.4 is 5.73 Å². The van der Waals surface area contributed by atoms with Crippen molar-refractivity contribution in [2.75, 3.05) is 6.61 Å². The summed E-state index contributed by atoms with van der Waals surface area (Å²) in [6.45, 7) is 15.5. The van der Waals surface area contributed by atoms with E-state index in [9.17, 15) is 9.90 Å². The fourth-order valence-corrected chi connectivity index (χ4v) is 3.20. The molecule has 0 aromatic carbocycles. The molecule has 136 valence electrons. The topological polar surface area (TPSA) is 85.0 Å². The van der Waals surface area contributed by atoms with Gasteiger partial charge in [-0.05, 0) is 30.3 Å². The van der Waals surface area contributed by atoms with Gasteiger partial charge in [-0.2, -0.15) is 0 Å². The number of carbonyl (C=O) groups excluding carboxylic acids is 1. The van der Waals surface area contributed by atoms with E-state index in [4.69, 9.17) is 14.9 Å². The summed E-state index contributed by atoms with van der Waals surface area (Å²) in [7, 11) is -2.09. The molecule has 24 heavy (non-hydrogen) atoms. The van der Waals surface area contributed by atoms with Crippen molar-refractivity contribution in [3.63, 3.8) is 0 Å². The number of nitrogens with zero attached hydrogens (tertiary/aromatic N) is 1. The molecule has 0 fully saturated rings. The number of carbonyl (C=O) groups is 1. The van der Waals surface area contributed by atoms with Crippen LogP contribution in [0.2, 0.25) is 18.1 Å². The average Bonchev–Trinajstić information content (AvgIpc) is 2.79. The van der Waals surface area contributed by atoms with Gasteiger partial charge in [-0.25, -0.2) is 0 Å². The molecule has 0 bridgehead atoms. The van der Waals surface area contributed by atoms with Gasteiger partial charge in [0.1, 0.15) is 18.5 Å². The van der Waals surface area contributed by atoms with Gasteiger partial charge in [0.2, 0.25) is 12.1 Å². The Hall–Kier alpha value is -1.57. The van der Waals surface area contributed by atoms with E-state index in [-0.39, 0.29) is 17.6 Å². The maximum Gasteiger partial charge on any atom is 0.226 e. The van der Waals surface area contributed by atoms with Gasteiger partial charge in [0, 0.05) is 18.8 Å². The number of amides is 1. The van der Waals surface area contributed by atoms with Gasteiger partial charge in [0.05, 0.1) is 0 Å². The van der Waals surface area contributed by atoms with Gasteiger partial charge in [0.15, 0.2) is 8.32 Å². The van der Waals surface area contributed by atoms with E-state index in [2.05, 4.69) is 40.4 Å². The van der Waals surface area contributed by atoms with Crippen LogP contribution in [0.25, 0.3) is 0 Å². The van der Waals surface area contributed by atoms with Crippen molar-refractivity contribution in [2.45, 2.75) is 58.2 Å². The van der Waals surface area contributed by atoms with Gasteiger partial charge in [-0.1, -0.05) is 27.4 Å². The SMILES string of the molecule is C=C(N)/C=C\N(C(C)=O)C1OC(CO)=CC1O[Si](C)(C)C(C)(C)C. The van der Waals surface area contributed by atoms with Gasteiger partial charge in [0.25, 0.3) is 0 Å². The first-order chi connectivity index (χ1) is 10.9. The third-order valence-corrected chi connectivity index (χ3v) is 8.86. The molecule has 0 saturated heterocycles. The van der Waals surface area contributed by atoms with Crippen molar-refractivity contribution in [1.29, 1.82) is 0 Å². The largest absolute Gasteiger partial charge is 0.469 e. The molecule has 2 atom stereocenters. The van der Waals surface area contributed by atoms with Gasteiger partial charge in [-0.3, -0.25) is 9.69 Å². The lowest BCUT2D eigenvalue weighted by Crippen LogP contribution is -2.50. The zero-order valence-corrected chi connectivity index (χ0v) is 16.5. The van der Waals surface area contributed by atoms with Crippen LogP contribution >= 0.6 is 0 Å². The molecule has 0 aromatic heterocycles. The molecule has 1 amide bonds. The minimum absolute atomic E-state index is 0.00972. The maximum atomic E-state index is 12.0. The van der Waals surface area contributed by atoms with Crippen molar-refractivity contribution < 1.29 is 19.1 Å². The summed E-state index contributed by atoms with van der Waals surface area (Å²) in [4.78, 5) is 13.5. The molecule has 7 heteroatoms. The normalized spacial score (nSPS) is 21.5. The van der Waals surface area contributed by atoms with Crippen molar-refractivity contribution in [3.05, 3.63) is 36.4 Å². The summed E-state index contributed by atoms with van der Waals surface area (Å²) in [6.07, 6.45) is 3.69. The van der Waals surface area contributed by atoms with Crippen LogP contribution in [0.15, 0.2) is 36.4 Å². The van der Waals surface area contributed by atoms with Crippen LogP contribution in [0.5, 0.6) is 0 Å². The number of aliphatic hydroxyl groups excluding tert-OH is 1. The summed E-state index contributed by atoms with van der Waals surface area (Å²) in [5, 5.41) is 9.41. The first kappa shape index (κ1) is 20.5.